The second-order valence-corrected chi connectivity index (χ2v) is 6.01. The summed E-state index contributed by atoms with van der Waals surface area (Å²) in [6.45, 7) is 5.05. The number of nitrogens with two attached hydrogens (primary N) is 1. The van der Waals surface area contributed by atoms with Gasteiger partial charge in [-0.25, -0.2) is 0 Å². The maximum atomic E-state index is 12.5. The summed E-state index contributed by atoms with van der Waals surface area (Å²) in [7, 11) is 4.05. The number of piperidine rings is 1. The van der Waals surface area contributed by atoms with Crippen molar-refractivity contribution in [2.45, 2.75) is 19.8 Å². The topological polar surface area (TPSA) is 49.6 Å². The van der Waals surface area contributed by atoms with Crippen molar-refractivity contribution in [2.75, 3.05) is 39.5 Å². The van der Waals surface area contributed by atoms with Gasteiger partial charge in [-0.3, -0.25) is 4.79 Å². The molecule has 20 heavy (non-hydrogen) atoms. The predicted molar refractivity (Wildman–Crippen MR) is 82.8 cm³/mol. The van der Waals surface area contributed by atoms with E-state index in [1.807, 2.05) is 31.0 Å². The van der Waals surface area contributed by atoms with Crippen LogP contribution in [0, 0.1) is 12.8 Å². The van der Waals surface area contributed by atoms with E-state index in [2.05, 4.69) is 11.9 Å². The fourth-order valence-corrected chi connectivity index (χ4v) is 2.85. The third-order valence-corrected chi connectivity index (χ3v) is 4.20. The van der Waals surface area contributed by atoms with Crippen LogP contribution in [0.5, 0.6) is 0 Å². The number of benzene rings is 1. The predicted octanol–water partition coefficient (Wildman–Crippen LogP) is 1.99. The van der Waals surface area contributed by atoms with Gasteiger partial charge in [0, 0.05) is 24.8 Å². The first-order valence-corrected chi connectivity index (χ1v) is 7.27. The van der Waals surface area contributed by atoms with E-state index in [1.54, 1.807) is 6.07 Å². The Morgan fingerprint density at radius 1 is 1.40 bits per heavy atom. The van der Waals surface area contributed by atoms with Crippen molar-refractivity contribution in [1.29, 1.82) is 0 Å². The van der Waals surface area contributed by atoms with Crippen LogP contribution in [0.1, 0.15) is 28.8 Å². The molecule has 1 saturated heterocycles. The van der Waals surface area contributed by atoms with Gasteiger partial charge in [-0.1, -0.05) is 0 Å². The molecule has 0 aliphatic carbocycles. The molecule has 0 radical (unpaired) electrons. The molecule has 1 aliphatic rings. The minimum absolute atomic E-state index is 0.0985. The van der Waals surface area contributed by atoms with Crippen LogP contribution >= 0.6 is 0 Å². The monoisotopic (exact) mass is 275 g/mol. The minimum Gasteiger partial charge on any atom is -0.399 e. The number of carbonyl (C=O) groups excluding carboxylic acids is 1. The lowest BCUT2D eigenvalue weighted by molar-refractivity contribution is 0.0746. The van der Waals surface area contributed by atoms with Crippen LogP contribution in [0.4, 0.5) is 5.69 Å². The Kier molecular flexibility index (Phi) is 4.65. The van der Waals surface area contributed by atoms with Crippen molar-refractivity contribution in [3.63, 3.8) is 0 Å². The summed E-state index contributed by atoms with van der Waals surface area (Å²) in [5.41, 5.74) is 8.15. The highest BCUT2D eigenvalue weighted by Gasteiger charge is 2.21. The molecule has 0 spiro atoms. The minimum atomic E-state index is 0.0985. The molecule has 4 heteroatoms. The van der Waals surface area contributed by atoms with E-state index in [0.29, 0.717) is 11.6 Å². The summed E-state index contributed by atoms with van der Waals surface area (Å²) in [5.74, 6) is 0.718. The molecule has 1 aromatic carbocycles. The summed E-state index contributed by atoms with van der Waals surface area (Å²) >= 11 is 0. The zero-order valence-corrected chi connectivity index (χ0v) is 12.7. The van der Waals surface area contributed by atoms with Gasteiger partial charge in [0.2, 0.25) is 0 Å². The maximum Gasteiger partial charge on any atom is 0.253 e. The first kappa shape index (κ1) is 14.9. The van der Waals surface area contributed by atoms with Gasteiger partial charge in [-0.05, 0) is 69.6 Å². The van der Waals surface area contributed by atoms with E-state index < -0.39 is 0 Å². The quantitative estimate of drug-likeness (QED) is 0.858. The van der Waals surface area contributed by atoms with Gasteiger partial charge in [0.25, 0.3) is 5.91 Å². The number of likely N-dealkylation sites (tertiary alicyclic amines) is 1. The molecule has 0 aromatic heterocycles. The molecular weight excluding hydrogens is 250 g/mol. The van der Waals surface area contributed by atoms with Crippen LogP contribution in [-0.4, -0.2) is 49.4 Å². The summed E-state index contributed by atoms with van der Waals surface area (Å²) < 4.78 is 0. The smallest absolute Gasteiger partial charge is 0.253 e. The molecule has 1 aromatic rings. The Bertz CT molecular complexity index is 479. The number of carbonyl (C=O) groups is 1. The highest BCUT2D eigenvalue weighted by atomic mass is 16.2. The van der Waals surface area contributed by atoms with Crippen LogP contribution in [0.3, 0.4) is 0 Å². The summed E-state index contributed by atoms with van der Waals surface area (Å²) in [6, 6.07) is 5.48. The molecule has 1 aliphatic heterocycles. The molecule has 0 unspecified atom stereocenters. The molecule has 0 saturated carbocycles. The van der Waals surface area contributed by atoms with E-state index in [1.165, 1.54) is 12.8 Å². The molecule has 2 N–H and O–H groups in total. The van der Waals surface area contributed by atoms with Crippen molar-refractivity contribution in [2.24, 2.45) is 5.92 Å². The van der Waals surface area contributed by atoms with Gasteiger partial charge < -0.3 is 15.5 Å². The number of rotatable bonds is 3. The highest BCUT2D eigenvalue weighted by Crippen LogP contribution is 2.19. The van der Waals surface area contributed by atoms with Gasteiger partial charge in [0.15, 0.2) is 0 Å². The Morgan fingerprint density at radius 3 is 2.65 bits per heavy atom. The van der Waals surface area contributed by atoms with Crippen LogP contribution in [0.2, 0.25) is 0 Å². The first-order valence-electron chi connectivity index (χ1n) is 7.27. The van der Waals surface area contributed by atoms with Crippen molar-refractivity contribution in [3.05, 3.63) is 29.3 Å². The lowest BCUT2D eigenvalue weighted by Gasteiger charge is -2.31. The van der Waals surface area contributed by atoms with Crippen molar-refractivity contribution < 1.29 is 4.79 Å². The van der Waals surface area contributed by atoms with Gasteiger partial charge >= 0.3 is 0 Å². The average molecular weight is 275 g/mol. The average Bonchev–Trinajstić information content (AvgIpc) is 2.40. The first-order chi connectivity index (χ1) is 9.47. The molecule has 2 rings (SSSR count). The molecule has 1 amide bonds. The Hall–Kier alpha value is -1.55. The molecule has 0 atom stereocenters. The van der Waals surface area contributed by atoms with Crippen LogP contribution in [0.15, 0.2) is 18.2 Å². The van der Waals surface area contributed by atoms with E-state index in [-0.39, 0.29) is 5.91 Å². The molecule has 4 nitrogen and oxygen atoms in total. The van der Waals surface area contributed by atoms with Crippen LogP contribution < -0.4 is 5.73 Å². The number of nitrogen functional groups attached to an aromatic ring is 1. The number of hydrogen-bond donors (Lipinski definition) is 1. The largest absolute Gasteiger partial charge is 0.399 e. The Balaban J connectivity index is 1.98. The van der Waals surface area contributed by atoms with E-state index in [4.69, 9.17) is 5.73 Å². The van der Waals surface area contributed by atoms with Crippen LogP contribution in [0.25, 0.3) is 0 Å². The molecular formula is C16H25N3O. The number of amides is 1. The Morgan fingerprint density at radius 2 is 2.05 bits per heavy atom. The lowest BCUT2D eigenvalue weighted by Crippen LogP contribution is -2.38. The summed E-state index contributed by atoms with van der Waals surface area (Å²) in [4.78, 5) is 16.7. The van der Waals surface area contributed by atoms with E-state index in [0.717, 1.165) is 30.8 Å². The lowest BCUT2D eigenvalue weighted by atomic mass is 9.96. The molecule has 110 valence electrons. The molecule has 1 heterocycles. The Labute approximate surface area is 121 Å². The summed E-state index contributed by atoms with van der Waals surface area (Å²) in [5, 5.41) is 0. The zero-order valence-electron chi connectivity index (χ0n) is 12.7. The summed E-state index contributed by atoms with van der Waals surface area (Å²) in [6.07, 6.45) is 2.35. The number of nitrogens with zero attached hydrogens (tertiary/aromatic N) is 2. The standard InChI is InChI=1S/C16H25N3O/c1-12-10-14(17)4-5-15(12)16(20)19(3)11-13-6-8-18(2)9-7-13/h4-5,10,13H,6-9,11,17H2,1-3H3. The molecule has 0 bridgehead atoms. The molecule has 1 fully saturated rings. The van der Waals surface area contributed by atoms with Gasteiger partial charge in [-0.15, -0.1) is 0 Å². The number of aryl methyl sites for hydroxylation is 1. The normalized spacial score (nSPS) is 17.1. The fraction of sp³-hybridized carbons (Fsp3) is 0.562. The second-order valence-electron chi connectivity index (χ2n) is 6.01. The SMILES string of the molecule is Cc1cc(N)ccc1C(=O)N(C)CC1CCN(C)CC1. The maximum absolute atomic E-state index is 12.5. The highest BCUT2D eigenvalue weighted by molar-refractivity contribution is 5.95. The van der Waals surface area contributed by atoms with Crippen molar-refractivity contribution >= 4 is 11.6 Å². The third kappa shape index (κ3) is 3.51. The van der Waals surface area contributed by atoms with Crippen molar-refractivity contribution in [3.8, 4) is 0 Å². The van der Waals surface area contributed by atoms with E-state index in [9.17, 15) is 4.79 Å². The van der Waals surface area contributed by atoms with Gasteiger partial charge in [0.05, 0.1) is 0 Å². The number of anilines is 1. The van der Waals surface area contributed by atoms with Crippen molar-refractivity contribution in [1.82, 2.24) is 9.80 Å². The van der Waals surface area contributed by atoms with E-state index >= 15 is 0 Å². The fourth-order valence-electron chi connectivity index (χ4n) is 2.85. The zero-order chi connectivity index (χ0) is 14.7. The van der Waals surface area contributed by atoms with Gasteiger partial charge in [-0.2, -0.15) is 0 Å². The van der Waals surface area contributed by atoms with Gasteiger partial charge in [0.1, 0.15) is 0 Å². The second kappa shape index (κ2) is 6.27. The number of hydrogen-bond acceptors (Lipinski definition) is 3. The third-order valence-electron chi connectivity index (χ3n) is 4.20. The van der Waals surface area contributed by atoms with Crippen LogP contribution in [-0.2, 0) is 0 Å².